The summed E-state index contributed by atoms with van der Waals surface area (Å²) in [6.45, 7) is 0. The second kappa shape index (κ2) is 9.97. The molecule has 0 saturated carbocycles. The van der Waals surface area contributed by atoms with Crippen molar-refractivity contribution < 1.29 is 4.42 Å². The molecule has 0 saturated heterocycles. The quantitative estimate of drug-likeness (QED) is 0.207. The topological polar surface area (TPSA) is 51.8 Å². The van der Waals surface area contributed by atoms with Crippen LogP contribution in [-0.4, -0.2) is 15.0 Å². The maximum atomic E-state index is 6.43. The first-order valence-electron chi connectivity index (χ1n) is 14.5. The summed E-state index contributed by atoms with van der Waals surface area (Å²) in [4.78, 5) is 15.5. The lowest BCUT2D eigenvalue weighted by Crippen LogP contribution is -2.01. The third-order valence-corrected chi connectivity index (χ3v) is 9.40. The van der Waals surface area contributed by atoms with Crippen molar-refractivity contribution in [2.45, 2.75) is 0 Å². The Hall–Kier alpha value is -5.65. The maximum Gasteiger partial charge on any atom is 0.167 e. The summed E-state index contributed by atoms with van der Waals surface area (Å²) in [5, 5.41) is 4.56. The Morgan fingerprint density at radius 1 is 0.409 bits per heavy atom. The van der Waals surface area contributed by atoms with Crippen LogP contribution < -0.4 is 0 Å². The largest absolute Gasteiger partial charge is 0.455 e. The van der Waals surface area contributed by atoms with Crippen LogP contribution in [0, 0.1) is 0 Å². The minimum Gasteiger partial charge on any atom is -0.455 e. The highest BCUT2D eigenvalue weighted by Gasteiger charge is 2.20. The summed E-state index contributed by atoms with van der Waals surface area (Å²) >= 11 is 1.77. The van der Waals surface area contributed by atoms with Gasteiger partial charge in [0.2, 0.25) is 0 Å². The van der Waals surface area contributed by atoms with Gasteiger partial charge in [-0.05, 0) is 35.4 Å². The number of rotatable bonds is 4. The van der Waals surface area contributed by atoms with Crippen molar-refractivity contribution in [3.8, 4) is 45.3 Å². The smallest absolute Gasteiger partial charge is 0.167 e. The molecular weight excluding hydrogens is 559 g/mol. The molecule has 3 aromatic heterocycles. The number of furan rings is 1. The zero-order chi connectivity index (χ0) is 29.0. The van der Waals surface area contributed by atoms with Crippen LogP contribution >= 0.6 is 11.3 Å². The average Bonchev–Trinajstić information content (AvgIpc) is 3.67. The van der Waals surface area contributed by atoms with Gasteiger partial charge in [0.05, 0.1) is 5.56 Å². The number of hydrogen-bond donors (Lipinski definition) is 0. The lowest BCUT2D eigenvalue weighted by Gasteiger charge is -2.12. The van der Waals surface area contributed by atoms with Gasteiger partial charge in [-0.3, -0.25) is 0 Å². The van der Waals surface area contributed by atoms with Crippen LogP contribution in [-0.2, 0) is 0 Å². The first kappa shape index (κ1) is 24.9. The molecule has 0 N–H and O–H groups in total. The van der Waals surface area contributed by atoms with Crippen LogP contribution in [0.1, 0.15) is 0 Å². The van der Waals surface area contributed by atoms with E-state index in [0.29, 0.717) is 17.5 Å². The van der Waals surface area contributed by atoms with Crippen LogP contribution in [0.3, 0.4) is 0 Å². The van der Waals surface area contributed by atoms with Crippen molar-refractivity contribution in [3.63, 3.8) is 0 Å². The minimum atomic E-state index is 0.579. The van der Waals surface area contributed by atoms with Crippen LogP contribution in [0.25, 0.3) is 87.4 Å². The Kier molecular flexibility index (Phi) is 5.64. The molecule has 0 atom stereocenters. The lowest BCUT2D eigenvalue weighted by atomic mass is 9.99. The molecule has 4 nitrogen and oxygen atoms in total. The second-order valence-electron chi connectivity index (χ2n) is 10.8. The summed E-state index contributed by atoms with van der Waals surface area (Å²) in [5.41, 5.74) is 6.56. The fourth-order valence-corrected chi connectivity index (χ4v) is 7.34. The van der Waals surface area contributed by atoms with E-state index in [1.807, 2.05) is 42.5 Å². The van der Waals surface area contributed by atoms with Crippen LogP contribution in [0.5, 0.6) is 0 Å². The molecule has 0 bridgehead atoms. The van der Waals surface area contributed by atoms with Crippen molar-refractivity contribution in [1.29, 1.82) is 0 Å². The van der Waals surface area contributed by atoms with E-state index < -0.39 is 0 Å². The summed E-state index contributed by atoms with van der Waals surface area (Å²) in [5.74, 6) is 1.84. The zero-order valence-corrected chi connectivity index (χ0v) is 24.3. The molecule has 0 aliphatic heterocycles. The van der Waals surface area contributed by atoms with Gasteiger partial charge in [-0.15, -0.1) is 11.3 Å². The molecule has 6 aromatic carbocycles. The number of aromatic nitrogens is 3. The zero-order valence-electron chi connectivity index (χ0n) is 23.4. The minimum absolute atomic E-state index is 0.579. The third-order valence-electron chi connectivity index (χ3n) is 8.18. The molecular formula is C39H23N3OS. The average molecular weight is 582 g/mol. The van der Waals surface area contributed by atoms with E-state index >= 15 is 0 Å². The molecule has 3 heterocycles. The van der Waals surface area contributed by atoms with E-state index in [4.69, 9.17) is 19.4 Å². The van der Waals surface area contributed by atoms with Crippen LogP contribution in [0.4, 0.5) is 0 Å². The SMILES string of the molecule is c1ccc(-c2ccccc2-c2nc(-c3cccc4c3oc3ccccc34)nc(-c3cccc4c3sc3ccccc34)n2)cc1. The van der Waals surface area contributed by atoms with Crippen molar-refractivity contribution in [2.75, 3.05) is 0 Å². The maximum absolute atomic E-state index is 6.43. The number of benzene rings is 6. The molecule has 0 amide bonds. The van der Waals surface area contributed by atoms with E-state index in [2.05, 4.69) is 97.1 Å². The first-order chi connectivity index (χ1) is 21.8. The Labute approximate surface area is 256 Å². The fourth-order valence-electron chi connectivity index (χ4n) is 6.13. The number of hydrogen-bond acceptors (Lipinski definition) is 5. The standard InChI is InChI=1S/C39H23N3OS/c1-2-12-24(13-3-1)25-14-4-5-17-30(25)37-40-38(31-20-10-18-28-26-15-6-8-22-33(26)43-35(28)31)42-39(41-37)32-21-11-19-29-27-16-7-9-23-34(27)44-36(29)32/h1-23H. The van der Waals surface area contributed by atoms with Gasteiger partial charge >= 0.3 is 0 Å². The Bertz CT molecular complexity index is 2380. The number of thiophene rings is 1. The predicted molar refractivity (Wildman–Crippen MR) is 182 cm³/mol. The van der Waals surface area contributed by atoms with Crippen molar-refractivity contribution >= 4 is 53.4 Å². The molecule has 0 unspecified atom stereocenters. The van der Waals surface area contributed by atoms with E-state index in [1.165, 1.54) is 15.5 Å². The molecule has 9 aromatic rings. The van der Waals surface area contributed by atoms with Crippen molar-refractivity contribution in [3.05, 3.63) is 140 Å². The van der Waals surface area contributed by atoms with Gasteiger partial charge in [0, 0.05) is 42.1 Å². The van der Waals surface area contributed by atoms with Gasteiger partial charge in [0.1, 0.15) is 11.2 Å². The van der Waals surface area contributed by atoms with Crippen molar-refractivity contribution in [2.24, 2.45) is 0 Å². The molecule has 9 rings (SSSR count). The van der Waals surface area contributed by atoms with E-state index in [9.17, 15) is 0 Å². The van der Waals surface area contributed by atoms with E-state index in [0.717, 1.165) is 54.5 Å². The Balaban J connectivity index is 1.35. The molecule has 0 fully saturated rings. The second-order valence-corrected chi connectivity index (χ2v) is 11.8. The lowest BCUT2D eigenvalue weighted by molar-refractivity contribution is 0.669. The highest BCUT2D eigenvalue weighted by molar-refractivity contribution is 7.26. The van der Waals surface area contributed by atoms with Gasteiger partial charge in [-0.2, -0.15) is 0 Å². The van der Waals surface area contributed by atoms with Gasteiger partial charge in [0.15, 0.2) is 17.5 Å². The molecule has 0 aliphatic rings. The fraction of sp³-hybridized carbons (Fsp3) is 0. The van der Waals surface area contributed by atoms with E-state index in [-0.39, 0.29) is 0 Å². The van der Waals surface area contributed by atoms with Crippen LogP contribution in [0.15, 0.2) is 144 Å². The summed E-state index contributed by atoms with van der Waals surface area (Å²) < 4.78 is 8.84. The first-order valence-corrected chi connectivity index (χ1v) is 15.4. The number of para-hydroxylation sites is 2. The Morgan fingerprint density at radius 3 is 1.82 bits per heavy atom. The summed E-state index contributed by atoms with van der Waals surface area (Å²) in [7, 11) is 0. The van der Waals surface area contributed by atoms with Gasteiger partial charge < -0.3 is 4.42 Å². The monoisotopic (exact) mass is 581 g/mol. The highest BCUT2D eigenvalue weighted by atomic mass is 32.1. The summed E-state index contributed by atoms with van der Waals surface area (Å²) in [6.07, 6.45) is 0. The van der Waals surface area contributed by atoms with Gasteiger partial charge in [0.25, 0.3) is 0 Å². The van der Waals surface area contributed by atoms with Gasteiger partial charge in [-0.25, -0.2) is 15.0 Å². The normalized spacial score (nSPS) is 11.6. The molecule has 206 valence electrons. The molecule has 0 radical (unpaired) electrons. The predicted octanol–water partition coefficient (Wildman–Crippen LogP) is 10.8. The summed E-state index contributed by atoms with van der Waals surface area (Å²) in [6, 6.07) is 47.9. The van der Waals surface area contributed by atoms with E-state index in [1.54, 1.807) is 11.3 Å². The Morgan fingerprint density at radius 2 is 0.977 bits per heavy atom. The van der Waals surface area contributed by atoms with Crippen LogP contribution in [0.2, 0.25) is 0 Å². The number of nitrogens with zero attached hydrogens (tertiary/aromatic N) is 3. The molecule has 5 heteroatoms. The number of fused-ring (bicyclic) bond motifs is 6. The molecule has 0 aliphatic carbocycles. The van der Waals surface area contributed by atoms with Crippen molar-refractivity contribution in [1.82, 2.24) is 15.0 Å². The highest BCUT2D eigenvalue weighted by Crippen LogP contribution is 2.41. The van der Waals surface area contributed by atoms with Gasteiger partial charge in [-0.1, -0.05) is 115 Å². The molecule has 44 heavy (non-hydrogen) atoms. The third kappa shape index (κ3) is 3.94. The molecule has 0 spiro atoms.